The molecule has 2 N–H and O–H groups in total. The first-order valence-corrected chi connectivity index (χ1v) is 14.8. The minimum absolute atomic E-state index is 0.0504. The number of aromatic nitrogens is 3. The van der Waals surface area contributed by atoms with Crippen LogP contribution in [0.5, 0.6) is 0 Å². The average Bonchev–Trinajstić information content (AvgIpc) is 3.35. The molecular weight excluding hydrogens is 596 g/mol. The molecule has 13 heteroatoms. The molecule has 0 aliphatic heterocycles. The predicted octanol–water partition coefficient (Wildman–Crippen LogP) is 7.40. The Morgan fingerprint density at radius 3 is 2.12 bits per heavy atom. The number of nitrogens with one attached hydrogen (secondary N) is 1. The van der Waals surface area contributed by atoms with Crippen LogP contribution in [0.1, 0.15) is 111 Å². The van der Waals surface area contributed by atoms with Gasteiger partial charge in [0.15, 0.2) is 11.5 Å². The fourth-order valence-electron chi connectivity index (χ4n) is 6.17. The summed E-state index contributed by atoms with van der Waals surface area (Å²) in [5.74, 6) is -2.56. The van der Waals surface area contributed by atoms with E-state index in [1.54, 1.807) is 6.92 Å². The van der Waals surface area contributed by atoms with Crippen LogP contribution in [-0.4, -0.2) is 43.6 Å². The highest BCUT2D eigenvalue weighted by atomic mass is 35.5. The Hall–Kier alpha value is -2.66. The summed E-state index contributed by atoms with van der Waals surface area (Å²) < 4.78 is 44.0. The molecule has 2 aliphatic rings. The normalized spacial score (nSPS) is 23.8. The van der Waals surface area contributed by atoms with Gasteiger partial charge in [0.05, 0.1) is 38.8 Å². The van der Waals surface area contributed by atoms with E-state index in [1.165, 1.54) is 12.4 Å². The number of rotatable bonds is 8. The first kappa shape index (κ1) is 32.3. The lowest BCUT2D eigenvalue weighted by Gasteiger charge is -2.38. The van der Waals surface area contributed by atoms with Crippen molar-refractivity contribution in [3.8, 4) is 0 Å². The molecule has 2 fully saturated rings. The molecule has 1 unspecified atom stereocenters. The molecule has 1 amide bonds. The summed E-state index contributed by atoms with van der Waals surface area (Å²) >= 11 is 12.4. The molecule has 230 valence electrons. The number of alkyl halides is 3. The zero-order valence-corrected chi connectivity index (χ0v) is 25.2. The number of hydrogen-bond acceptors (Lipinski definition) is 5. The van der Waals surface area contributed by atoms with Crippen molar-refractivity contribution in [1.29, 1.82) is 0 Å². The highest BCUT2D eigenvalue weighted by Crippen LogP contribution is 2.44. The summed E-state index contributed by atoms with van der Waals surface area (Å²) in [6, 6.07) is -1.47. The van der Waals surface area contributed by atoms with Crippen LogP contribution in [0.3, 0.4) is 0 Å². The van der Waals surface area contributed by atoms with Gasteiger partial charge in [-0.1, -0.05) is 37.0 Å². The Labute approximate surface area is 252 Å². The molecule has 4 rings (SSSR count). The highest BCUT2D eigenvalue weighted by Gasteiger charge is 2.45. The Bertz CT molecular complexity index is 1320. The number of ketones is 1. The van der Waals surface area contributed by atoms with Crippen molar-refractivity contribution in [2.45, 2.75) is 96.8 Å². The average molecular weight is 632 g/mol. The zero-order valence-electron chi connectivity index (χ0n) is 23.7. The lowest BCUT2D eigenvalue weighted by atomic mass is 9.70. The SMILES string of the molecule is CC1(C)CCC(C(CC(=O)c2c(Cl)cncc2Cl)NC(=O)c2cnn(C3CCC(C)(C(=O)O)CC3)c2C(F)(F)F)CC1. The molecule has 2 aromatic heterocycles. The second kappa shape index (κ2) is 12.1. The van der Waals surface area contributed by atoms with Crippen LogP contribution in [0, 0.1) is 16.7 Å². The molecule has 0 radical (unpaired) electrons. The van der Waals surface area contributed by atoms with Gasteiger partial charge in [0.1, 0.15) is 0 Å². The number of carboxylic acids is 1. The van der Waals surface area contributed by atoms with Crippen molar-refractivity contribution >= 4 is 40.9 Å². The number of carbonyl (C=O) groups is 3. The van der Waals surface area contributed by atoms with Crippen LogP contribution in [0.2, 0.25) is 10.0 Å². The van der Waals surface area contributed by atoms with Gasteiger partial charge in [-0.2, -0.15) is 18.3 Å². The summed E-state index contributed by atoms with van der Waals surface area (Å²) in [5, 5.41) is 16.3. The molecule has 2 aliphatic carbocycles. The van der Waals surface area contributed by atoms with E-state index in [0.29, 0.717) is 12.8 Å². The monoisotopic (exact) mass is 630 g/mol. The van der Waals surface area contributed by atoms with Crippen molar-refractivity contribution in [2.24, 2.45) is 16.7 Å². The molecule has 8 nitrogen and oxygen atoms in total. The molecule has 0 bridgehead atoms. The second-order valence-electron chi connectivity index (χ2n) is 12.6. The molecule has 1 atom stereocenters. The number of Topliss-reactive ketones (excluding diaryl/α,β-unsaturated/α-hetero) is 1. The number of carboxylic acid groups (broad SMARTS) is 1. The molecule has 2 heterocycles. The van der Waals surface area contributed by atoms with Crippen molar-refractivity contribution < 1.29 is 32.7 Å². The number of halogens is 5. The summed E-state index contributed by atoms with van der Waals surface area (Å²) in [7, 11) is 0. The van der Waals surface area contributed by atoms with E-state index in [-0.39, 0.29) is 59.0 Å². The third kappa shape index (κ3) is 6.93. The topological polar surface area (TPSA) is 114 Å². The molecule has 2 saturated carbocycles. The Morgan fingerprint density at radius 2 is 1.60 bits per heavy atom. The zero-order chi connectivity index (χ0) is 31.0. The van der Waals surface area contributed by atoms with E-state index in [1.807, 2.05) is 0 Å². The fraction of sp³-hybridized carbons (Fsp3) is 0.621. The van der Waals surface area contributed by atoms with Gasteiger partial charge < -0.3 is 10.4 Å². The molecule has 0 saturated heterocycles. The van der Waals surface area contributed by atoms with Crippen LogP contribution in [-0.2, 0) is 11.0 Å². The third-order valence-electron chi connectivity index (χ3n) is 9.04. The Balaban J connectivity index is 1.61. The van der Waals surface area contributed by atoms with Crippen molar-refractivity contribution in [2.75, 3.05) is 0 Å². The Morgan fingerprint density at radius 1 is 1.02 bits per heavy atom. The van der Waals surface area contributed by atoms with E-state index in [2.05, 4.69) is 29.2 Å². The third-order valence-corrected chi connectivity index (χ3v) is 9.61. The summed E-state index contributed by atoms with van der Waals surface area (Å²) in [5.41, 5.74) is -2.70. The number of carbonyl (C=O) groups excluding carboxylic acids is 2. The van der Waals surface area contributed by atoms with Crippen molar-refractivity contribution in [3.05, 3.63) is 45.5 Å². The minimum atomic E-state index is -4.89. The van der Waals surface area contributed by atoms with Gasteiger partial charge in [-0.05, 0) is 69.6 Å². The highest BCUT2D eigenvalue weighted by molar-refractivity contribution is 6.39. The van der Waals surface area contributed by atoms with Crippen LogP contribution >= 0.6 is 23.2 Å². The Kier molecular flexibility index (Phi) is 9.33. The van der Waals surface area contributed by atoms with E-state index in [0.717, 1.165) is 23.7 Å². The standard InChI is InChI=1S/C29H35Cl2F3N4O4/c1-27(2)8-4-16(5-9-27)21(12-22(39)23-19(30)14-35-15-20(23)31)37-25(40)18-13-36-38(24(18)29(32,33)34)17-6-10-28(3,11-7-17)26(41)42/h13-17,21H,4-12H2,1-3H3,(H,37,40)(H,41,42). The number of amides is 1. The quantitative estimate of drug-likeness (QED) is 0.294. The summed E-state index contributed by atoms with van der Waals surface area (Å²) in [4.78, 5) is 42.3. The van der Waals surface area contributed by atoms with Crippen molar-refractivity contribution in [3.63, 3.8) is 0 Å². The van der Waals surface area contributed by atoms with E-state index in [4.69, 9.17) is 23.2 Å². The maximum absolute atomic E-state index is 14.4. The van der Waals surface area contributed by atoms with Crippen LogP contribution in [0.4, 0.5) is 13.2 Å². The number of aliphatic carboxylic acids is 1. The second-order valence-corrected chi connectivity index (χ2v) is 13.4. The van der Waals surface area contributed by atoms with Crippen molar-refractivity contribution in [1.82, 2.24) is 20.1 Å². The van der Waals surface area contributed by atoms with E-state index < -0.39 is 52.6 Å². The smallest absolute Gasteiger partial charge is 0.433 e. The summed E-state index contributed by atoms with van der Waals surface area (Å²) in [6.07, 6.45) is 2.13. The maximum atomic E-state index is 14.4. The molecule has 42 heavy (non-hydrogen) atoms. The van der Waals surface area contributed by atoms with Gasteiger partial charge in [-0.3, -0.25) is 24.0 Å². The number of hydrogen-bond donors (Lipinski definition) is 2. The summed E-state index contributed by atoms with van der Waals surface area (Å²) in [6.45, 7) is 5.85. The van der Waals surface area contributed by atoms with E-state index in [9.17, 15) is 32.7 Å². The first-order valence-electron chi connectivity index (χ1n) is 14.0. The number of nitrogens with zero attached hydrogens (tertiary/aromatic N) is 3. The molecule has 0 spiro atoms. The largest absolute Gasteiger partial charge is 0.481 e. The maximum Gasteiger partial charge on any atom is 0.433 e. The van der Waals surface area contributed by atoms with E-state index >= 15 is 0 Å². The van der Waals surface area contributed by atoms with Gasteiger partial charge in [-0.15, -0.1) is 0 Å². The van der Waals surface area contributed by atoms with Gasteiger partial charge in [0.2, 0.25) is 0 Å². The fourth-order valence-corrected chi connectivity index (χ4v) is 6.75. The minimum Gasteiger partial charge on any atom is -0.481 e. The van der Waals surface area contributed by atoms with Crippen LogP contribution in [0.15, 0.2) is 18.6 Å². The predicted molar refractivity (Wildman–Crippen MR) is 151 cm³/mol. The number of pyridine rings is 1. The van der Waals surface area contributed by atoms with Gasteiger partial charge in [0.25, 0.3) is 5.91 Å². The van der Waals surface area contributed by atoms with Gasteiger partial charge in [-0.25, -0.2) is 0 Å². The van der Waals surface area contributed by atoms with Gasteiger partial charge in [0, 0.05) is 24.9 Å². The molecular formula is C29H35Cl2F3N4O4. The van der Waals surface area contributed by atoms with Crippen LogP contribution in [0.25, 0.3) is 0 Å². The first-order chi connectivity index (χ1) is 19.5. The van der Waals surface area contributed by atoms with Gasteiger partial charge >= 0.3 is 12.1 Å². The molecule has 0 aromatic carbocycles. The lowest BCUT2D eigenvalue weighted by molar-refractivity contribution is -0.152. The van der Waals surface area contributed by atoms with Crippen LogP contribution < -0.4 is 5.32 Å². The lowest BCUT2D eigenvalue weighted by Crippen LogP contribution is -2.44. The molecule has 2 aromatic rings.